The SMILES string of the molecule is Cc1ccc(-c2[nH]ncc2C(=O)N2CCC[C@@H](CC(=O)NCc3nonc3C)C2)cc1. The monoisotopic (exact) mass is 422 g/mol. The minimum absolute atomic E-state index is 0.0567. The standard InChI is InChI=1S/C22H26N6O3/c1-14-5-7-17(8-6-14)21-18(11-24-25-21)22(30)28-9-3-4-16(13-28)10-20(29)23-12-19-15(2)26-31-27-19/h5-8,11,16H,3-4,9-10,12-13H2,1-2H3,(H,23,29)(H,24,25)/t16-/m0/s1. The largest absolute Gasteiger partial charge is 0.350 e. The van der Waals surface area contributed by atoms with Crippen molar-refractivity contribution in [3.63, 3.8) is 0 Å². The van der Waals surface area contributed by atoms with Crippen LogP contribution < -0.4 is 5.32 Å². The molecule has 0 spiro atoms. The molecular formula is C22H26N6O3. The topological polar surface area (TPSA) is 117 Å². The van der Waals surface area contributed by atoms with E-state index >= 15 is 0 Å². The maximum Gasteiger partial charge on any atom is 0.257 e. The summed E-state index contributed by atoms with van der Waals surface area (Å²) in [5.74, 6) is -0.00644. The van der Waals surface area contributed by atoms with Gasteiger partial charge in [0.15, 0.2) is 0 Å². The average molecular weight is 422 g/mol. The number of rotatable bonds is 6. The van der Waals surface area contributed by atoms with Crippen molar-refractivity contribution in [3.8, 4) is 11.3 Å². The van der Waals surface area contributed by atoms with Crippen LogP contribution in [0.25, 0.3) is 11.3 Å². The Morgan fingerprint density at radius 2 is 2.03 bits per heavy atom. The highest BCUT2D eigenvalue weighted by Gasteiger charge is 2.28. The van der Waals surface area contributed by atoms with Gasteiger partial charge >= 0.3 is 0 Å². The van der Waals surface area contributed by atoms with E-state index in [1.165, 1.54) is 0 Å². The molecule has 0 unspecified atom stereocenters. The van der Waals surface area contributed by atoms with Crippen LogP contribution in [0, 0.1) is 19.8 Å². The smallest absolute Gasteiger partial charge is 0.257 e. The Labute approximate surface area is 180 Å². The van der Waals surface area contributed by atoms with Gasteiger partial charge in [0.1, 0.15) is 11.4 Å². The number of aryl methyl sites for hydroxylation is 2. The minimum Gasteiger partial charge on any atom is -0.350 e. The van der Waals surface area contributed by atoms with Gasteiger partial charge in [0.2, 0.25) is 5.91 Å². The fourth-order valence-electron chi connectivity index (χ4n) is 3.90. The number of benzene rings is 1. The van der Waals surface area contributed by atoms with Crippen molar-refractivity contribution in [1.29, 1.82) is 0 Å². The van der Waals surface area contributed by atoms with E-state index in [9.17, 15) is 9.59 Å². The van der Waals surface area contributed by atoms with E-state index in [1.807, 2.05) is 36.1 Å². The number of nitrogens with one attached hydrogen (secondary N) is 2. The van der Waals surface area contributed by atoms with Gasteiger partial charge in [0.25, 0.3) is 5.91 Å². The zero-order valence-corrected chi connectivity index (χ0v) is 17.7. The van der Waals surface area contributed by atoms with Crippen molar-refractivity contribution in [1.82, 2.24) is 30.7 Å². The first-order chi connectivity index (χ1) is 15.0. The summed E-state index contributed by atoms with van der Waals surface area (Å²) in [5.41, 5.74) is 4.65. The van der Waals surface area contributed by atoms with E-state index in [0.29, 0.717) is 43.0 Å². The summed E-state index contributed by atoms with van der Waals surface area (Å²) in [4.78, 5) is 27.4. The van der Waals surface area contributed by atoms with Gasteiger partial charge in [0.05, 0.1) is 24.0 Å². The number of aromatic nitrogens is 4. The highest BCUT2D eigenvalue weighted by molar-refractivity contribution is 5.99. The lowest BCUT2D eigenvalue weighted by Gasteiger charge is -2.32. The third-order valence-electron chi connectivity index (χ3n) is 5.69. The summed E-state index contributed by atoms with van der Waals surface area (Å²) < 4.78 is 4.65. The second kappa shape index (κ2) is 9.11. The highest BCUT2D eigenvalue weighted by Crippen LogP contribution is 2.26. The predicted molar refractivity (Wildman–Crippen MR) is 113 cm³/mol. The van der Waals surface area contributed by atoms with Gasteiger partial charge in [-0.15, -0.1) is 0 Å². The molecule has 1 atom stereocenters. The van der Waals surface area contributed by atoms with Crippen molar-refractivity contribution < 1.29 is 14.2 Å². The third-order valence-corrected chi connectivity index (χ3v) is 5.69. The maximum absolute atomic E-state index is 13.2. The summed E-state index contributed by atoms with van der Waals surface area (Å²) in [7, 11) is 0. The molecule has 1 aliphatic heterocycles. The molecule has 0 radical (unpaired) electrons. The fraction of sp³-hybridized carbons (Fsp3) is 0.409. The van der Waals surface area contributed by atoms with E-state index in [-0.39, 0.29) is 17.7 Å². The molecular weight excluding hydrogens is 396 g/mol. The molecule has 9 heteroatoms. The van der Waals surface area contributed by atoms with Crippen LogP contribution in [0.2, 0.25) is 0 Å². The molecule has 0 saturated carbocycles. The molecule has 1 aliphatic rings. The van der Waals surface area contributed by atoms with Crippen molar-refractivity contribution in [2.75, 3.05) is 13.1 Å². The number of carbonyl (C=O) groups is 2. The first kappa shape index (κ1) is 20.8. The molecule has 4 rings (SSSR count). The molecule has 1 aromatic carbocycles. The normalized spacial score (nSPS) is 16.3. The van der Waals surface area contributed by atoms with Crippen molar-refractivity contribution in [2.45, 2.75) is 39.7 Å². The summed E-state index contributed by atoms with van der Waals surface area (Å²) >= 11 is 0. The lowest BCUT2D eigenvalue weighted by atomic mass is 9.93. The lowest BCUT2D eigenvalue weighted by molar-refractivity contribution is -0.122. The number of likely N-dealkylation sites (tertiary alicyclic amines) is 1. The highest BCUT2D eigenvalue weighted by atomic mass is 16.6. The second-order valence-corrected chi connectivity index (χ2v) is 8.06. The molecule has 162 valence electrons. The number of piperidine rings is 1. The zero-order valence-electron chi connectivity index (χ0n) is 17.7. The summed E-state index contributed by atoms with van der Waals surface area (Å²) in [6.07, 6.45) is 3.73. The fourth-order valence-corrected chi connectivity index (χ4v) is 3.90. The molecule has 31 heavy (non-hydrogen) atoms. The quantitative estimate of drug-likeness (QED) is 0.631. The van der Waals surface area contributed by atoms with E-state index in [2.05, 4.69) is 30.5 Å². The Balaban J connectivity index is 1.37. The van der Waals surface area contributed by atoms with E-state index in [4.69, 9.17) is 0 Å². The average Bonchev–Trinajstić information content (AvgIpc) is 3.41. The van der Waals surface area contributed by atoms with Crippen LogP contribution in [0.15, 0.2) is 35.1 Å². The Morgan fingerprint density at radius 3 is 2.77 bits per heavy atom. The van der Waals surface area contributed by atoms with Gasteiger partial charge in [-0.2, -0.15) is 5.10 Å². The first-order valence-corrected chi connectivity index (χ1v) is 10.5. The zero-order chi connectivity index (χ0) is 21.8. The van der Waals surface area contributed by atoms with Crippen LogP contribution in [0.1, 0.15) is 46.6 Å². The minimum atomic E-state index is -0.0645. The van der Waals surface area contributed by atoms with E-state index in [1.54, 1.807) is 13.1 Å². The summed E-state index contributed by atoms with van der Waals surface area (Å²) in [5, 5.41) is 17.4. The van der Waals surface area contributed by atoms with Crippen LogP contribution >= 0.6 is 0 Å². The molecule has 2 N–H and O–H groups in total. The number of H-pyrrole nitrogens is 1. The second-order valence-electron chi connectivity index (χ2n) is 8.06. The van der Waals surface area contributed by atoms with Crippen LogP contribution in [-0.2, 0) is 11.3 Å². The van der Waals surface area contributed by atoms with Gasteiger partial charge < -0.3 is 10.2 Å². The maximum atomic E-state index is 13.2. The molecule has 9 nitrogen and oxygen atoms in total. The van der Waals surface area contributed by atoms with Crippen LogP contribution in [-0.4, -0.2) is 50.3 Å². The number of hydrogen-bond acceptors (Lipinski definition) is 6. The number of nitrogens with zero attached hydrogens (tertiary/aromatic N) is 4. The summed E-state index contributed by atoms with van der Waals surface area (Å²) in [6, 6.07) is 7.98. The van der Waals surface area contributed by atoms with Crippen LogP contribution in [0.3, 0.4) is 0 Å². The molecule has 3 heterocycles. The molecule has 2 aromatic heterocycles. The Kier molecular flexibility index (Phi) is 6.11. The van der Waals surface area contributed by atoms with Crippen molar-refractivity contribution in [2.24, 2.45) is 5.92 Å². The third kappa shape index (κ3) is 4.82. The molecule has 0 bridgehead atoms. The molecule has 2 amide bonds. The molecule has 0 aliphatic carbocycles. The molecule has 1 saturated heterocycles. The van der Waals surface area contributed by atoms with Crippen molar-refractivity contribution in [3.05, 3.63) is 53.0 Å². The molecule has 1 fully saturated rings. The van der Waals surface area contributed by atoms with Crippen molar-refractivity contribution >= 4 is 11.8 Å². The number of amides is 2. The van der Waals surface area contributed by atoms with Gasteiger partial charge in [0, 0.05) is 25.1 Å². The number of aromatic amines is 1. The Morgan fingerprint density at radius 1 is 1.23 bits per heavy atom. The van der Waals surface area contributed by atoms with Crippen LogP contribution in [0.4, 0.5) is 0 Å². The Bertz CT molecular complexity index is 1060. The van der Waals surface area contributed by atoms with Gasteiger partial charge in [-0.05, 0) is 32.6 Å². The first-order valence-electron chi connectivity index (χ1n) is 10.5. The number of hydrogen-bond donors (Lipinski definition) is 2. The lowest BCUT2D eigenvalue weighted by Crippen LogP contribution is -2.41. The Hall–Kier alpha value is -3.49. The van der Waals surface area contributed by atoms with E-state index in [0.717, 1.165) is 29.7 Å². The van der Waals surface area contributed by atoms with E-state index < -0.39 is 0 Å². The van der Waals surface area contributed by atoms with Gasteiger partial charge in [-0.1, -0.05) is 40.1 Å². The summed E-state index contributed by atoms with van der Waals surface area (Å²) in [6.45, 7) is 5.33. The number of carbonyl (C=O) groups excluding carboxylic acids is 2. The van der Waals surface area contributed by atoms with Crippen LogP contribution in [0.5, 0.6) is 0 Å². The molecule has 3 aromatic rings. The van der Waals surface area contributed by atoms with Gasteiger partial charge in [-0.3, -0.25) is 14.7 Å². The van der Waals surface area contributed by atoms with Gasteiger partial charge in [-0.25, -0.2) is 4.63 Å². The predicted octanol–water partition coefficient (Wildman–Crippen LogP) is 2.64.